The van der Waals surface area contributed by atoms with Crippen LogP contribution in [0.2, 0.25) is 0 Å². The first kappa shape index (κ1) is 17.3. The number of nitrogens with one attached hydrogen (secondary N) is 2. The van der Waals surface area contributed by atoms with E-state index in [0.717, 1.165) is 21.9 Å². The Morgan fingerprint density at radius 3 is 2.70 bits per heavy atom. The Bertz CT molecular complexity index is 1100. The number of hydrogen-bond acceptors (Lipinski definition) is 4. The first-order valence-corrected chi connectivity index (χ1v) is 9.66. The molecule has 0 aliphatic carbocycles. The van der Waals surface area contributed by atoms with Gasteiger partial charge in [0.1, 0.15) is 11.2 Å². The van der Waals surface area contributed by atoms with Gasteiger partial charge in [-0.25, -0.2) is 0 Å². The minimum Gasteiger partial charge on any atom is -0.456 e. The molecule has 27 heavy (non-hydrogen) atoms. The van der Waals surface area contributed by atoms with Crippen molar-refractivity contribution < 1.29 is 14.0 Å². The summed E-state index contributed by atoms with van der Waals surface area (Å²) in [5, 5.41) is 11.5. The van der Waals surface area contributed by atoms with E-state index in [-0.39, 0.29) is 11.8 Å². The van der Waals surface area contributed by atoms with E-state index < -0.39 is 0 Å². The van der Waals surface area contributed by atoms with Crippen molar-refractivity contribution in [3.05, 3.63) is 64.9 Å². The number of hydrogen-bond donors (Lipinski definition) is 2. The number of amides is 2. The summed E-state index contributed by atoms with van der Waals surface area (Å²) in [6.45, 7) is 0.463. The number of furan rings is 1. The fourth-order valence-electron chi connectivity index (χ4n) is 2.97. The highest BCUT2D eigenvalue weighted by Crippen LogP contribution is 2.30. The highest BCUT2D eigenvalue weighted by molar-refractivity contribution is 7.08. The third-order valence-corrected chi connectivity index (χ3v) is 5.00. The molecular formula is C21H18N2O3S. The number of thiophene rings is 1. The molecule has 2 heterocycles. The van der Waals surface area contributed by atoms with Gasteiger partial charge in [-0.3, -0.25) is 9.59 Å². The van der Waals surface area contributed by atoms with E-state index in [1.54, 1.807) is 11.4 Å². The summed E-state index contributed by atoms with van der Waals surface area (Å²) >= 11 is 1.48. The predicted octanol–water partition coefficient (Wildman–Crippen LogP) is 4.80. The van der Waals surface area contributed by atoms with Crippen molar-refractivity contribution in [2.24, 2.45) is 0 Å². The van der Waals surface area contributed by atoms with Crippen LogP contribution in [0.4, 0.5) is 5.69 Å². The van der Waals surface area contributed by atoms with E-state index in [2.05, 4.69) is 10.6 Å². The van der Waals surface area contributed by atoms with Crippen LogP contribution in [0.25, 0.3) is 21.9 Å². The van der Waals surface area contributed by atoms with Crippen molar-refractivity contribution in [3.8, 4) is 0 Å². The molecule has 0 saturated carbocycles. The molecule has 0 atom stereocenters. The molecule has 2 N–H and O–H groups in total. The van der Waals surface area contributed by atoms with Crippen molar-refractivity contribution in [2.45, 2.75) is 12.8 Å². The summed E-state index contributed by atoms with van der Waals surface area (Å²) in [6.07, 6.45) is 0.913. The van der Waals surface area contributed by atoms with Crippen molar-refractivity contribution in [2.75, 3.05) is 11.9 Å². The Hall–Kier alpha value is -3.12. The lowest BCUT2D eigenvalue weighted by molar-refractivity contribution is -0.116. The Kier molecular flexibility index (Phi) is 4.89. The molecule has 2 aromatic carbocycles. The van der Waals surface area contributed by atoms with Gasteiger partial charge in [0.05, 0.1) is 0 Å². The van der Waals surface area contributed by atoms with E-state index in [1.807, 2.05) is 47.8 Å². The first-order valence-electron chi connectivity index (χ1n) is 8.72. The molecule has 0 bridgehead atoms. The Labute approximate surface area is 160 Å². The van der Waals surface area contributed by atoms with Crippen molar-refractivity contribution >= 4 is 50.8 Å². The van der Waals surface area contributed by atoms with Crippen LogP contribution in [0.3, 0.4) is 0 Å². The van der Waals surface area contributed by atoms with E-state index in [4.69, 9.17) is 4.42 Å². The van der Waals surface area contributed by atoms with Crippen molar-refractivity contribution in [3.63, 3.8) is 0 Å². The smallest absolute Gasteiger partial charge is 0.252 e. The standard InChI is InChI=1S/C21H18N2O3S/c24-20(6-3-10-22-21(25)14-9-11-27-13-14)23-15-7-8-17-16-4-1-2-5-18(16)26-19(17)12-15/h1-2,4-5,7-9,11-13H,3,6,10H2,(H,22,25)(H,23,24). The topological polar surface area (TPSA) is 71.3 Å². The van der Waals surface area contributed by atoms with E-state index in [9.17, 15) is 9.59 Å². The number of carbonyl (C=O) groups excluding carboxylic acids is 2. The molecule has 0 aliphatic rings. The van der Waals surface area contributed by atoms with E-state index in [1.165, 1.54) is 11.3 Å². The fraction of sp³-hybridized carbons (Fsp3) is 0.143. The SMILES string of the molecule is O=C(CCCNC(=O)c1ccsc1)Nc1ccc2c(c1)oc1ccccc12. The Morgan fingerprint density at radius 1 is 1.00 bits per heavy atom. The zero-order valence-corrected chi connectivity index (χ0v) is 15.3. The number of carbonyl (C=O) groups is 2. The van der Waals surface area contributed by atoms with Gasteiger partial charge in [0.2, 0.25) is 5.91 Å². The van der Waals surface area contributed by atoms with Gasteiger partial charge in [-0.1, -0.05) is 18.2 Å². The molecule has 2 amide bonds. The summed E-state index contributed by atoms with van der Waals surface area (Å²) in [5.41, 5.74) is 2.94. The lowest BCUT2D eigenvalue weighted by Crippen LogP contribution is -2.25. The van der Waals surface area contributed by atoms with Crippen LogP contribution in [0, 0.1) is 0 Å². The minimum absolute atomic E-state index is 0.0877. The van der Waals surface area contributed by atoms with Crippen LogP contribution in [0.1, 0.15) is 23.2 Å². The number of benzene rings is 2. The molecule has 0 aliphatic heterocycles. The second-order valence-electron chi connectivity index (χ2n) is 6.23. The van der Waals surface area contributed by atoms with Gasteiger partial charge < -0.3 is 15.1 Å². The largest absolute Gasteiger partial charge is 0.456 e. The average molecular weight is 378 g/mol. The highest BCUT2D eigenvalue weighted by atomic mass is 32.1. The van der Waals surface area contributed by atoms with Gasteiger partial charge in [0.15, 0.2) is 0 Å². The summed E-state index contributed by atoms with van der Waals surface area (Å²) in [6, 6.07) is 15.3. The zero-order valence-electron chi connectivity index (χ0n) is 14.5. The van der Waals surface area contributed by atoms with Gasteiger partial charge in [-0.2, -0.15) is 11.3 Å². The summed E-state index contributed by atoms with van der Waals surface area (Å²) in [4.78, 5) is 24.0. The maximum absolute atomic E-state index is 12.1. The monoisotopic (exact) mass is 378 g/mol. The van der Waals surface area contributed by atoms with E-state index >= 15 is 0 Å². The lowest BCUT2D eigenvalue weighted by Gasteiger charge is -2.06. The fourth-order valence-corrected chi connectivity index (χ4v) is 3.61. The van der Waals surface area contributed by atoms with Gasteiger partial charge >= 0.3 is 0 Å². The predicted molar refractivity (Wildman–Crippen MR) is 108 cm³/mol. The molecule has 0 fully saturated rings. The number of rotatable bonds is 6. The van der Waals surface area contributed by atoms with Gasteiger partial charge in [-0.05, 0) is 36.1 Å². The molecule has 6 heteroatoms. The average Bonchev–Trinajstić information content (AvgIpc) is 3.32. The maximum Gasteiger partial charge on any atom is 0.252 e. The third-order valence-electron chi connectivity index (χ3n) is 4.31. The molecular weight excluding hydrogens is 360 g/mol. The molecule has 0 radical (unpaired) electrons. The number of anilines is 1. The minimum atomic E-state index is -0.105. The molecule has 4 rings (SSSR count). The molecule has 0 saturated heterocycles. The molecule has 0 spiro atoms. The molecule has 5 nitrogen and oxygen atoms in total. The van der Waals surface area contributed by atoms with Crippen LogP contribution in [-0.4, -0.2) is 18.4 Å². The van der Waals surface area contributed by atoms with Crippen LogP contribution in [0.15, 0.2) is 63.7 Å². The molecule has 4 aromatic rings. The second kappa shape index (κ2) is 7.63. The van der Waals surface area contributed by atoms with Crippen LogP contribution in [-0.2, 0) is 4.79 Å². The second-order valence-corrected chi connectivity index (χ2v) is 7.01. The first-order chi connectivity index (χ1) is 13.2. The lowest BCUT2D eigenvalue weighted by atomic mass is 10.1. The van der Waals surface area contributed by atoms with Crippen molar-refractivity contribution in [1.29, 1.82) is 0 Å². The highest BCUT2D eigenvalue weighted by Gasteiger charge is 2.09. The van der Waals surface area contributed by atoms with Crippen LogP contribution >= 0.6 is 11.3 Å². The maximum atomic E-state index is 12.1. The normalized spacial score (nSPS) is 11.0. The van der Waals surface area contributed by atoms with Crippen LogP contribution in [0.5, 0.6) is 0 Å². The quantitative estimate of drug-likeness (QED) is 0.474. The molecule has 0 unspecified atom stereocenters. The van der Waals surface area contributed by atoms with Gasteiger partial charge in [0, 0.05) is 46.4 Å². The third kappa shape index (κ3) is 3.85. The Morgan fingerprint density at radius 2 is 1.85 bits per heavy atom. The summed E-state index contributed by atoms with van der Waals surface area (Å²) in [7, 11) is 0. The van der Waals surface area contributed by atoms with Gasteiger partial charge in [0.25, 0.3) is 5.91 Å². The van der Waals surface area contributed by atoms with Crippen LogP contribution < -0.4 is 10.6 Å². The summed E-state index contributed by atoms with van der Waals surface area (Å²) < 4.78 is 5.84. The number of para-hydroxylation sites is 1. The van der Waals surface area contributed by atoms with Gasteiger partial charge in [-0.15, -0.1) is 0 Å². The Balaban J connectivity index is 1.31. The molecule has 2 aromatic heterocycles. The van der Waals surface area contributed by atoms with E-state index in [0.29, 0.717) is 30.6 Å². The van der Waals surface area contributed by atoms with Crippen molar-refractivity contribution in [1.82, 2.24) is 5.32 Å². The molecule has 136 valence electrons. The number of fused-ring (bicyclic) bond motifs is 3. The zero-order chi connectivity index (χ0) is 18.6. The summed E-state index contributed by atoms with van der Waals surface area (Å²) in [5.74, 6) is -0.192.